The van der Waals surface area contributed by atoms with Crippen molar-refractivity contribution in [3.63, 3.8) is 0 Å². The number of nitrogens with zero attached hydrogens (tertiary/aromatic N) is 1. The zero-order valence-corrected chi connectivity index (χ0v) is 7.97. The molecule has 1 fully saturated rings. The SMILES string of the molecule is C[C@H](O)C(=O)N1CCOC(C(N)=O)C1. The van der Waals surface area contributed by atoms with E-state index in [4.69, 9.17) is 15.6 Å². The van der Waals surface area contributed by atoms with E-state index in [0.29, 0.717) is 6.54 Å². The van der Waals surface area contributed by atoms with E-state index >= 15 is 0 Å². The van der Waals surface area contributed by atoms with Gasteiger partial charge in [-0.15, -0.1) is 0 Å². The fourth-order valence-electron chi connectivity index (χ4n) is 1.29. The number of rotatable bonds is 2. The van der Waals surface area contributed by atoms with Crippen LogP contribution in [0.15, 0.2) is 0 Å². The molecule has 2 atom stereocenters. The molecule has 0 radical (unpaired) electrons. The molecule has 3 N–H and O–H groups in total. The number of hydrogen-bond donors (Lipinski definition) is 2. The number of nitrogens with two attached hydrogens (primary N) is 1. The van der Waals surface area contributed by atoms with Gasteiger partial charge in [0, 0.05) is 6.54 Å². The third kappa shape index (κ3) is 2.43. The second kappa shape index (κ2) is 4.39. The molecule has 0 aromatic carbocycles. The van der Waals surface area contributed by atoms with Crippen LogP contribution in [-0.2, 0) is 14.3 Å². The Kier molecular flexibility index (Phi) is 3.43. The molecule has 0 aromatic rings. The minimum absolute atomic E-state index is 0.124. The molecular formula is C8H14N2O4. The number of ether oxygens (including phenoxy) is 1. The van der Waals surface area contributed by atoms with Crippen molar-refractivity contribution in [2.75, 3.05) is 19.7 Å². The number of aliphatic hydroxyl groups excluding tert-OH is 1. The van der Waals surface area contributed by atoms with Gasteiger partial charge in [0.25, 0.3) is 5.91 Å². The summed E-state index contributed by atoms with van der Waals surface area (Å²) in [6.07, 6.45) is -1.81. The quantitative estimate of drug-likeness (QED) is 0.546. The number of hydrogen-bond acceptors (Lipinski definition) is 4. The Morgan fingerprint density at radius 3 is 2.79 bits per heavy atom. The van der Waals surface area contributed by atoms with Crippen LogP contribution in [0.5, 0.6) is 0 Å². The van der Waals surface area contributed by atoms with Gasteiger partial charge >= 0.3 is 0 Å². The van der Waals surface area contributed by atoms with Crippen molar-refractivity contribution in [2.45, 2.75) is 19.1 Å². The Morgan fingerprint density at radius 2 is 2.29 bits per heavy atom. The Labute approximate surface area is 81.6 Å². The van der Waals surface area contributed by atoms with Gasteiger partial charge in [-0.3, -0.25) is 9.59 Å². The van der Waals surface area contributed by atoms with E-state index in [0.717, 1.165) is 0 Å². The summed E-state index contributed by atoms with van der Waals surface area (Å²) in [4.78, 5) is 23.5. The zero-order chi connectivity index (χ0) is 10.7. The van der Waals surface area contributed by atoms with Crippen molar-refractivity contribution in [1.29, 1.82) is 0 Å². The number of carbonyl (C=O) groups is 2. The molecule has 6 nitrogen and oxygen atoms in total. The first-order valence-electron chi connectivity index (χ1n) is 4.40. The number of carbonyl (C=O) groups excluding carboxylic acids is 2. The second-order valence-corrected chi connectivity index (χ2v) is 3.22. The highest BCUT2D eigenvalue weighted by Crippen LogP contribution is 2.06. The summed E-state index contributed by atoms with van der Waals surface area (Å²) >= 11 is 0. The molecule has 1 aliphatic heterocycles. The summed E-state index contributed by atoms with van der Waals surface area (Å²) in [5.74, 6) is -0.993. The number of amides is 2. The number of primary amides is 1. The maximum atomic E-state index is 11.3. The number of aliphatic hydroxyl groups is 1. The molecule has 80 valence electrons. The predicted molar refractivity (Wildman–Crippen MR) is 47.2 cm³/mol. The number of morpholine rings is 1. The Balaban J connectivity index is 2.56. The van der Waals surface area contributed by atoms with Crippen molar-refractivity contribution >= 4 is 11.8 Å². The van der Waals surface area contributed by atoms with Crippen molar-refractivity contribution in [1.82, 2.24) is 4.90 Å². The third-order valence-electron chi connectivity index (χ3n) is 2.05. The van der Waals surface area contributed by atoms with Crippen molar-refractivity contribution < 1.29 is 19.4 Å². The lowest BCUT2D eigenvalue weighted by atomic mass is 10.2. The van der Waals surface area contributed by atoms with Crippen molar-refractivity contribution in [2.24, 2.45) is 5.73 Å². The van der Waals surface area contributed by atoms with Gasteiger partial charge in [0.15, 0.2) is 6.10 Å². The summed E-state index contributed by atoms with van der Waals surface area (Å²) in [5, 5.41) is 9.05. The van der Waals surface area contributed by atoms with Crippen LogP contribution >= 0.6 is 0 Å². The molecule has 0 saturated carbocycles. The molecule has 0 aromatic heterocycles. The zero-order valence-electron chi connectivity index (χ0n) is 7.97. The minimum Gasteiger partial charge on any atom is -0.384 e. The van der Waals surface area contributed by atoms with E-state index in [1.165, 1.54) is 11.8 Å². The third-order valence-corrected chi connectivity index (χ3v) is 2.05. The molecule has 14 heavy (non-hydrogen) atoms. The minimum atomic E-state index is -1.05. The lowest BCUT2D eigenvalue weighted by Crippen LogP contribution is -2.52. The Hall–Kier alpha value is -1.14. The van der Waals surface area contributed by atoms with Gasteiger partial charge in [-0.25, -0.2) is 0 Å². The normalized spacial score (nSPS) is 24.4. The maximum Gasteiger partial charge on any atom is 0.251 e. The van der Waals surface area contributed by atoms with E-state index in [1.807, 2.05) is 0 Å². The fourth-order valence-corrected chi connectivity index (χ4v) is 1.29. The largest absolute Gasteiger partial charge is 0.384 e. The lowest BCUT2D eigenvalue weighted by molar-refractivity contribution is -0.151. The van der Waals surface area contributed by atoms with Crippen LogP contribution in [0.25, 0.3) is 0 Å². The first-order valence-corrected chi connectivity index (χ1v) is 4.40. The molecule has 6 heteroatoms. The molecule has 2 amide bonds. The van der Waals surface area contributed by atoms with E-state index in [-0.39, 0.29) is 13.2 Å². The highest BCUT2D eigenvalue weighted by molar-refractivity contribution is 5.83. The average Bonchev–Trinajstić information content (AvgIpc) is 2.16. The second-order valence-electron chi connectivity index (χ2n) is 3.22. The fraction of sp³-hybridized carbons (Fsp3) is 0.750. The first kappa shape index (κ1) is 10.9. The molecule has 0 aliphatic carbocycles. The Bertz CT molecular complexity index is 241. The topological polar surface area (TPSA) is 92.9 Å². The van der Waals surface area contributed by atoms with Gasteiger partial charge in [-0.2, -0.15) is 0 Å². The molecule has 1 saturated heterocycles. The summed E-state index contributed by atoms with van der Waals surface area (Å²) < 4.78 is 5.05. The molecule has 1 unspecified atom stereocenters. The Morgan fingerprint density at radius 1 is 1.64 bits per heavy atom. The van der Waals surface area contributed by atoms with Crippen LogP contribution in [0.2, 0.25) is 0 Å². The van der Waals surface area contributed by atoms with Gasteiger partial charge in [0.1, 0.15) is 6.10 Å². The molecule has 1 heterocycles. The van der Waals surface area contributed by atoms with Gasteiger partial charge in [-0.05, 0) is 6.92 Å². The smallest absolute Gasteiger partial charge is 0.251 e. The predicted octanol–water partition coefficient (Wildman–Crippen LogP) is -1.92. The van der Waals surface area contributed by atoms with Gasteiger partial charge in [-0.1, -0.05) is 0 Å². The van der Waals surface area contributed by atoms with Gasteiger partial charge in [0.05, 0.1) is 13.2 Å². The lowest BCUT2D eigenvalue weighted by Gasteiger charge is -2.32. The maximum absolute atomic E-state index is 11.3. The van der Waals surface area contributed by atoms with Crippen LogP contribution in [0.3, 0.4) is 0 Å². The van der Waals surface area contributed by atoms with Crippen LogP contribution in [-0.4, -0.2) is 53.7 Å². The van der Waals surface area contributed by atoms with Gasteiger partial charge in [0.2, 0.25) is 5.91 Å². The first-order chi connectivity index (χ1) is 6.52. The summed E-state index contributed by atoms with van der Waals surface area (Å²) in [5.41, 5.74) is 5.04. The molecule has 1 rings (SSSR count). The van der Waals surface area contributed by atoms with E-state index < -0.39 is 24.0 Å². The van der Waals surface area contributed by atoms with E-state index in [1.54, 1.807) is 0 Å². The highest BCUT2D eigenvalue weighted by atomic mass is 16.5. The van der Waals surface area contributed by atoms with Crippen LogP contribution < -0.4 is 5.73 Å². The van der Waals surface area contributed by atoms with Crippen LogP contribution in [0.1, 0.15) is 6.92 Å². The van der Waals surface area contributed by atoms with Gasteiger partial charge < -0.3 is 20.5 Å². The summed E-state index contributed by atoms with van der Waals surface area (Å²) in [7, 11) is 0. The van der Waals surface area contributed by atoms with Crippen LogP contribution in [0.4, 0.5) is 0 Å². The molecule has 1 aliphatic rings. The highest BCUT2D eigenvalue weighted by Gasteiger charge is 2.29. The van der Waals surface area contributed by atoms with E-state index in [2.05, 4.69) is 0 Å². The summed E-state index contributed by atoms with van der Waals surface area (Å²) in [6, 6.07) is 0. The average molecular weight is 202 g/mol. The molecule has 0 spiro atoms. The summed E-state index contributed by atoms with van der Waals surface area (Å²) in [6.45, 7) is 2.16. The van der Waals surface area contributed by atoms with Crippen molar-refractivity contribution in [3.8, 4) is 0 Å². The van der Waals surface area contributed by atoms with Crippen LogP contribution in [0, 0.1) is 0 Å². The van der Waals surface area contributed by atoms with E-state index in [9.17, 15) is 9.59 Å². The van der Waals surface area contributed by atoms with Crippen molar-refractivity contribution in [3.05, 3.63) is 0 Å². The standard InChI is InChI=1S/C8H14N2O4/c1-5(11)8(13)10-2-3-14-6(4-10)7(9)12/h5-6,11H,2-4H2,1H3,(H2,9,12)/t5-,6?/m0/s1. The monoisotopic (exact) mass is 202 g/mol. The molecule has 0 bridgehead atoms. The molecular weight excluding hydrogens is 188 g/mol.